The summed E-state index contributed by atoms with van der Waals surface area (Å²) in [6, 6.07) is 9.26. The maximum absolute atomic E-state index is 12.0. The van der Waals surface area contributed by atoms with Gasteiger partial charge in [-0.2, -0.15) is 0 Å². The topological polar surface area (TPSA) is 93.7 Å². The Labute approximate surface area is 161 Å². The largest absolute Gasteiger partial charge is 0.484 e. The van der Waals surface area contributed by atoms with Crippen molar-refractivity contribution in [2.75, 3.05) is 13.7 Å². The van der Waals surface area contributed by atoms with Crippen molar-refractivity contribution < 1.29 is 23.9 Å². The monoisotopic (exact) mass is 390 g/mol. The van der Waals surface area contributed by atoms with Crippen LogP contribution in [-0.2, 0) is 9.53 Å². The van der Waals surface area contributed by atoms with Crippen LogP contribution in [0.3, 0.4) is 0 Å². The molecule has 2 amide bonds. The molecule has 0 saturated heterocycles. The fraction of sp³-hybridized carbons (Fsp3) is 0.211. The van der Waals surface area contributed by atoms with E-state index in [2.05, 4.69) is 15.6 Å². The average Bonchev–Trinajstić information content (AvgIpc) is 2.67. The highest BCUT2D eigenvalue weighted by Gasteiger charge is 2.11. The Morgan fingerprint density at radius 3 is 2.07 bits per heavy atom. The molecule has 0 atom stereocenters. The second kappa shape index (κ2) is 9.05. The van der Waals surface area contributed by atoms with Gasteiger partial charge in [0.15, 0.2) is 6.61 Å². The molecule has 0 spiro atoms. The quantitative estimate of drug-likeness (QED) is 0.604. The summed E-state index contributed by atoms with van der Waals surface area (Å²) in [5.74, 6) is -1.05. The van der Waals surface area contributed by atoms with E-state index in [1.54, 1.807) is 12.1 Å². The average molecular weight is 391 g/mol. The lowest BCUT2D eigenvalue weighted by atomic mass is 10.1. The SMILES string of the molecule is COC(=O)c1ccc(C(=O)NNC(=O)COc2cc(C)c(Cl)c(C)c2)cc1. The van der Waals surface area contributed by atoms with Crippen LogP contribution in [0, 0.1) is 13.8 Å². The fourth-order valence-electron chi connectivity index (χ4n) is 2.25. The molecule has 0 saturated carbocycles. The minimum atomic E-state index is -0.530. The van der Waals surface area contributed by atoms with Gasteiger partial charge < -0.3 is 9.47 Å². The van der Waals surface area contributed by atoms with E-state index in [0.717, 1.165) is 11.1 Å². The maximum Gasteiger partial charge on any atom is 0.337 e. The third-order valence-electron chi connectivity index (χ3n) is 3.66. The number of aryl methyl sites for hydroxylation is 2. The molecule has 0 aromatic heterocycles. The van der Waals surface area contributed by atoms with Gasteiger partial charge in [0.05, 0.1) is 12.7 Å². The summed E-state index contributed by atoms with van der Waals surface area (Å²) in [5, 5.41) is 0.650. The molecule has 0 aliphatic heterocycles. The third-order valence-corrected chi connectivity index (χ3v) is 4.26. The number of methoxy groups -OCH3 is 1. The standard InChI is InChI=1S/C19H19ClN2O5/c1-11-8-15(9-12(2)17(11)20)27-10-16(23)21-22-18(24)13-4-6-14(7-5-13)19(25)26-3/h4-9H,10H2,1-3H3,(H,21,23)(H,22,24). The van der Waals surface area contributed by atoms with Crippen molar-refractivity contribution in [3.63, 3.8) is 0 Å². The molecule has 2 N–H and O–H groups in total. The first-order valence-corrected chi connectivity index (χ1v) is 8.36. The summed E-state index contributed by atoms with van der Waals surface area (Å²) in [4.78, 5) is 35.2. The van der Waals surface area contributed by atoms with Gasteiger partial charge in [-0.3, -0.25) is 20.4 Å². The molecule has 0 bridgehead atoms. The summed E-state index contributed by atoms with van der Waals surface area (Å²) in [6.07, 6.45) is 0. The number of amides is 2. The fourth-order valence-corrected chi connectivity index (χ4v) is 2.36. The van der Waals surface area contributed by atoms with Gasteiger partial charge in [0, 0.05) is 10.6 Å². The van der Waals surface area contributed by atoms with Gasteiger partial charge in [0.25, 0.3) is 11.8 Å². The number of hydrogen-bond donors (Lipinski definition) is 2. The zero-order valence-corrected chi connectivity index (χ0v) is 15.8. The summed E-state index contributed by atoms with van der Waals surface area (Å²) < 4.78 is 9.99. The summed E-state index contributed by atoms with van der Waals surface area (Å²) in [6.45, 7) is 3.41. The van der Waals surface area contributed by atoms with E-state index in [1.807, 2.05) is 13.8 Å². The molecule has 0 unspecified atom stereocenters. The lowest BCUT2D eigenvalue weighted by Crippen LogP contribution is -2.43. The van der Waals surface area contributed by atoms with Crippen molar-refractivity contribution in [3.05, 3.63) is 63.7 Å². The highest BCUT2D eigenvalue weighted by molar-refractivity contribution is 6.32. The first-order chi connectivity index (χ1) is 12.8. The first kappa shape index (κ1) is 20.3. The van der Waals surface area contributed by atoms with Gasteiger partial charge in [0.1, 0.15) is 5.75 Å². The minimum absolute atomic E-state index is 0.271. The number of hydrazine groups is 1. The zero-order valence-electron chi connectivity index (χ0n) is 15.1. The van der Waals surface area contributed by atoms with E-state index >= 15 is 0 Å². The summed E-state index contributed by atoms with van der Waals surface area (Å²) in [7, 11) is 1.27. The van der Waals surface area contributed by atoms with Crippen LogP contribution in [0.1, 0.15) is 31.8 Å². The molecule has 142 valence electrons. The van der Waals surface area contributed by atoms with Crippen LogP contribution in [0.15, 0.2) is 36.4 Å². The number of hydrogen-bond acceptors (Lipinski definition) is 5. The number of halogens is 1. The lowest BCUT2D eigenvalue weighted by molar-refractivity contribution is -0.123. The highest BCUT2D eigenvalue weighted by Crippen LogP contribution is 2.25. The number of benzene rings is 2. The molecule has 2 rings (SSSR count). The molecule has 0 fully saturated rings. The van der Waals surface area contributed by atoms with E-state index in [9.17, 15) is 14.4 Å². The van der Waals surface area contributed by atoms with Crippen LogP contribution < -0.4 is 15.6 Å². The number of rotatable bonds is 5. The molecule has 2 aromatic carbocycles. The first-order valence-electron chi connectivity index (χ1n) is 7.99. The van der Waals surface area contributed by atoms with Gasteiger partial charge in [-0.05, 0) is 61.4 Å². The van der Waals surface area contributed by atoms with Gasteiger partial charge in [-0.15, -0.1) is 0 Å². The lowest BCUT2D eigenvalue weighted by Gasteiger charge is -2.11. The third kappa shape index (κ3) is 5.46. The highest BCUT2D eigenvalue weighted by atomic mass is 35.5. The Morgan fingerprint density at radius 1 is 0.963 bits per heavy atom. The molecule has 2 aromatic rings. The van der Waals surface area contributed by atoms with Crippen LogP contribution in [-0.4, -0.2) is 31.5 Å². The van der Waals surface area contributed by atoms with Crippen molar-refractivity contribution in [2.24, 2.45) is 0 Å². The van der Waals surface area contributed by atoms with Crippen LogP contribution in [0.5, 0.6) is 5.75 Å². The van der Waals surface area contributed by atoms with Crippen molar-refractivity contribution >= 4 is 29.4 Å². The van der Waals surface area contributed by atoms with E-state index in [0.29, 0.717) is 16.3 Å². The second-order valence-electron chi connectivity index (χ2n) is 5.73. The Balaban J connectivity index is 1.84. The zero-order chi connectivity index (χ0) is 20.0. The summed E-state index contributed by atoms with van der Waals surface area (Å²) in [5.41, 5.74) is 6.81. The number of ether oxygens (including phenoxy) is 2. The molecule has 0 aliphatic rings. The predicted molar refractivity (Wildman–Crippen MR) is 99.8 cm³/mol. The van der Waals surface area contributed by atoms with E-state index in [4.69, 9.17) is 16.3 Å². The van der Waals surface area contributed by atoms with E-state index in [1.165, 1.54) is 31.4 Å². The van der Waals surface area contributed by atoms with E-state index < -0.39 is 17.8 Å². The molecule has 0 aliphatic carbocycles. The van der Waals surface area contributed by atoms with Crippen LogP contribution in [0.25, 0.3) is 0 Å². The van der Waals surface area contributed by atoms with Crippen molar-refractivity contribution in [3.8, 4) is 5.75 Å². The number of carbonyl (C=O) groups excluding carboxylic acids is 3. The number of nitrogens with one attached hydrogen (secondary N) is 2. The van der Waals surface area contributed by atoms with Crippen LogP contribution >= 0.6 is 11.6 Å². The van der Waals surface area contributed by atoms with Crippen LogP contribution in [0.2, 0.25) is 5.02 Å². The Morgan fingerprint density at radius 2 is 1.52 bits per heavy atom. The van der Waals surface area contributed by atoms with Crippen molar-refractivity contribution in [2.45, 2.75) is 13.8 Å². The van der Waals surface area contributed by atoms with Crippen molar-refractivity contribution in [1.29, 1.82) is 0 Å². The number of carbonyl (C=O) groups is 3. The van der Waals surface area contributed by atoms with Crippen molar-refractivity contribution in [1.82, 2.24) is 10.9 Å². The molecule has 8 heteroatoms. The Bertz CT molecular complexity index is 842. The van der Waals surface area contributed by atoms with Gasteiger partial charge >= 0.3 is 5.97 Å². The smallest absolute Gasteiger partial charge is 0.337 e. The van der Waals surface area contributed by atoms with Gasteiger partial charge in [0.2, 0.25) is 0 Å². The molecule has 7 nitrogen and oxygen atoms in total. The molecule has 27 heavy (non-hydrogen) atoms. The van der Waals surface area contributed by atoms with Gasteiger partial charge in [-0.25, -0.2) is 4.79 Å². The normalized spacial score (nSPS) is 10.1. The maximum atomic E-state index is 12.0. The number of esters is 1. The van der Waals surface area contributed by atoms with Crippen LogP contribution in [0.4, 0.5) is 0 Å². The van der Waals surface area contributed by atoms with E-state index in [-0.39, 0.29) is 12.2 Å². The molecular formula is C19H19ClN2O5. The summed E-state index contributed by atoms with van der Waals surface area (Å²) >= 11 is 6.08. The van der Waals surface area contributed by atoms with Gasteiger partial charge in [-0.1, -0.05) is 11.6 Å². The minimum Gasteiger partial charge on any atom is -0.484 e. The second-order valence-corrected chi connectivity index (χ2v) is 6.11. The Hall–Kier alpha value is -3.06. The Kier molecular flexibility index (Phi) is 6.79. The molecular weight excluding hydrogens is 372 g/mol. The molecule has 0 radical (unpaired) electrons. The predicted octanol–water partition coefficient (Wildman–Crippen LogP) is 2.58. The molecule has 0 heterocycles.